The van der Waals surface area contributed by atoms with Gasteiger partial charge in [0.25, 0.3) is 5.19 Å². The van der Waals surface area contributed by atoms with E-state index in [0.29, 0.717) is 64.3 Å². The minimum Gasteiger partial charge on any atom is -0.486 e. The number of rotatable bonds is 6. The number of furan rings is 1. The molecule has 0 unspecified atom stereocenters. The van der Waals surface area contributed by atoms with Crippen molar-refractivity contribution in [1.29, 1.82) is 0 Å². The molecule has 0 saturated carbocycles. The molecule has 0 bridgehead atoms. The molecule has 1 aromatic carbocycles. The molecule has 6 heterocycles. The van der Waals surface area contributed by atoms with Gasteiger partial charge in [-0.2, -0.15) is 11.8 Å². The van der Waals surface area contributed by atoms with E-state index in [0.717, 1.165) is 40.8 Å². The number of thiazole rings is 1. The Hall–Kier alpha value is -3.16. The highest BCUT2D eigenvalue weighted by Gasteiger charge is 2.25. The fraction of sp³-hybridized carbons (Fsp3) is 0.348. The van der Waals surface area contributed by atoms with Crippen molar-refractivity contribution in [3.63, 3.8) is 0 Å². The maximum Gasteiger partial charge on any atom is 0.294 e. The van der Waals surface area contributed by atoms with Gasteiger partial charge in [0.1, 0.15) is 31.3 Å². The number of fused-ring (bicyclic) bond motifs is 4. The molecule has 2 aliphatic rings. The quantitative estimate of drug-likeness (QED) is 0.303. The van der Waals surface area contributed by atoms with Crippen molar-refractivity contribution < 1.29 is 23.4 Å². The van der Waals surface area contributed by atoms with Gasteiger partial charge < -0.3 is 28.3 Å². The first kappa shape index (κ1) is 22.1. The summed E-state index contributed by atoms with van der Waals surface area (Å²) in [6, 6.07) is 3.79. The SMILES string of the molecule is COc1nn2cc(-c3cc4c(OCc5csc(N6CCSCC6)n5)cc5c(c4o3)OCCO5)nc2s1. The van der Waals surface area contributed by atoms with Crippen LogP contribution in [0, 0.1) is 0 Å². The minimum absolute atomic E-state index is 0.346. The van der Waals surface area contributed by atoms with Gasteiger partial charge >= 0.3 is 0 Å². The minimum atomic E-state index is 0.346. The molecule has 0 atom stereocenters. The van der Waals surface area contributed by atoms with E-state index in [1.54, 1.807) is 23.0 Å². The van der Waals surface area contributed by atoms with Gasteiger partial charge in [0, 0.05) is 36.0 Å². The summed E-state index contributed by atoms with van der Waals surface area (Å²) >= 11 is 5.01. The number of imidazole rings is 1. The lowest BCUT2D eigenvalue weighted by Crippen LogP contribution is -2.32. The fourth-order valence-electron chi connectivity index (χ4n) is 4.20. The molecule has 186 valence electrons. The number of anilines is 1. The second-order valence-corrected chi connectivity index (χ2v) is 11.2. The van der Waals surface area contributed by atoms with E-state index in [-0.39, 0.29) is 0 Å². The van der Waals surface area contributed by atoms with E-state index in [4.69, 9.17) is 28.3 Å². The van der Waals surface area contributed by atoms with Crippen LogP contribution in [0.2, 0.25) is 0 Å². The summed E-state index contributed by atoms with van der Waals surface area (Å²) in [6.45, 7) is 3.34. The van der Waals surface area contributed by atoms with Crippen LogP contribution >= 0.6 is 34.4 Å². The summed E-state index contributed by atoms with van der Waals surface area (Å²) < 4.78 is 31.2. The zero-order chi connectivity index (χ0) is 24.1. The lowest BCUT2D eigenvalue weighted by molar-refractivity contribution is 0.171. The van der Waals surface area contributed by atoms with Gasteiger partial charge in [-0.1, -0.05) is 0 Å². The van der Waals surface area contributed by atoms with E-state index >= 15 is 0 Å². The van der Waals surface area contributed by atoms with Crippen molar-refractivity contribution in [2.75, 3.05) is 49.8 Å². The Morgan fingerprint density at radius 3 is 2.86 bits per heavy atom. The molecule has 2 aliphatic heterocycles. The Morgan fingerprint density at radius 1 is 1.11 bits per heavy atom. The molecule has 0 spiro atoms. The molecule has 1 saturated heterocycles. The zero-order valence-corrected chi connectivity index (χ0v) is 21.7. The molecule has 0 amide bonds. The normalized spacial score (nSPS) is 15.6. The molecule has 5 aromatic rings. The van der Waals surface area contributed by atoms with Crippen LogP contribution in [0.15, 0.2) is 28.1 Å². The maximum atomic E-state index is 6.27. The highest BCUT2D eigenvalue weighted by molar-refractivity contribution is 7.99. The molecule has 4 aromatic heterocycles. The summed E-state index contributed by atoms with van der Waals surface area (Å²) in [6.07, 6.45) is 1.81. The largest absolute Gasteiger partial charge is 0.486 e. The van der Waals surface area contributed by atoms with E-state index in [2.05, 4.69) is 20.4 Å². The lowest BCUT2D eigenvalue weighted by Gasteiger charge is -2.25. The molecule has 10 nitrogen and oxygen atoms in total. The smallest absolute Gasteiger partial charge is 0.294 e. The van der Waals surface area contributed by atoms with Gasteiger partial charge in [-0.3, -0.25) is 0 Å². The molecule has 0 radical (unpaired) electrons. The average Bonchev–Trinajstić information content (AvgIpc) is 3.70. The first-order chi connectivity index (χ1) is 17.7. The third-order valence-electron chi connectivity index (χ3n) is 5.93. The van der Waals surface area contributed by atoms with Gasteiger partial charge in [0.15, 0.2) is 22.2 Å². The van der Waals surface area contributed by atoms with Crippen molar-refractivity contribution in [3.05, 3.63) is 29.4 Å². The Kier molecular flexibility index (Phi) is 5.55. The molecule has 36 heavy (non-hydrogen) atoms. The maximum absolute atomic E-state index is 6.27. The highest BCUT2D eigenvalue weighted by Crippen LogP contribution is 2.46. The van der Waals surface area contributed by atoms with Gasteiger partial charge in [-0.05, 0) is 17.4 Å². The standard InChI is InChI=1S/C23H21N5O5S3/c1-29-23-26-28-10-15(25-22(28)36-23)17-8-14-16(9-18-20(19(14)33-17)31-5-4-30-18)32-11-13-12-35-21(24-13)27-2-6-34-7-3-27/h8-10,12H,2-7,11H2,1H3. The summed E-state index contributed by atoms with van der Waals surface area (Å²) in [5.41, 5.74) is 2.13. The number of methoxy groups -OCH3 is 1. The Bertz CT molecular complexity index is 1520. The number of nitrogens with zero attached hydrogens (tertiary/aromatic N) is 5. The van der Waals surface area contributed by atoms with Crippen LogP contribution < -0.4 is 23.8 Å². The Morgan fingerprint density at radius 2 is 2.00 bits per heavy atom. The summed E-state index contributed by atoms with van der Waals surface area (Å²) in [5, 5.41) is 8.80. The zero-order valence-electron chi connectivity index (χ0n) is 19.3. The highest BCUT2D eigenvalue weighted by atomic mass is 32.2. The van der Waals surface area contributed by atoms with E-state index < -0.39 is 0 Å². The summed E-state index contributed by atoms with van der Waals surface area (Å²) in [7, 11) is 1.59. The number of benzene rings is 1. The van der Waals surface area contributed by atoms with E-state index in [9.17, 15) is 0 Å². The Labute approximate surface area is 217 Å². The molecule has 0 aliphatic carbocycles. The van der Waals surface area contributed by atoms with Gasteiger partial charge in [0.05, 0.1) is 24.4 Å². The van der Waals surface area contributed by atoms with Crippen molar-refractivity contribution >= 4 is 55.5 Å². The summed E-state index contributed by atoms with van der Waals surface area (Å²) in [4.78, 5) is 12.5. The predicted molar refractivity (Wildman–Crippen MR) is 140 cm³/mol. The predicted octanol–water partition coefficient (Wildman–Crippen LogP) is 4.57. The third kappa shape index (κ3) is 3.91. The van der Waals surface area contributed by atoms with Crippen LogP contribution in [0.25, 0.3) is 27.4 Å². The number of aromatic nitrogens is 4. The second kappa shape index (κ2) is 9.05. The molecule has 1 fully saturated rings. The number of ether oxygens (including phenoxy) is 4. The van der Waals surface area contributed by atoms with Crippen LogP contribution in [0.5, 0.6) is 22.4 Å². The first-order valence-corrected chi connectivity index (χ1v) is 14.3. The molecule has 0 N–H and O–H groups in total. The fourth-order valence-corrected chi connectivity index (χ4v) is 6.67. The average molecular weight is 544 g/mol. The van der Waals surface area contributed by atoms with Crippen LogP contribution in [0.3, 0.4) is 0 Å². The summed E-state index contributed by atoms with van der Waals surface area (Å²) in [5.74, 6) is 4.70. The van der Waals surface area contributed by atoms with Crippen LogP contribution in [-0.2, 0) is 6.61 Å². The molecule has 13 heteroatoms. The number of thioether (sulfide) groups is 1. The van der Waals surface area contributed by atoms with Crippen molar-refractivity contribution in [3.8, 4) is 33.9 Å². The van der Waals surface area contributed by atoms with Crippen molar-refractivity contribution in [1.82, 2.24) is 19.6 Å². The molecular weight excluding hydrogens is 522 g/mol. The molecule has 7 rings (SSSR count). The van der Waals surface area contributed by atoms with Crippen molar-refractivity contribution in [2.45, 2.75) is 6.61 Å². The second-order valence-electron chi connectivity index (χ2n) is 8.19. The topological polar surface area (TPSA) is 96.4 Å². The van der Waals surface area contributed by atoms with E-state index in [1.165, 1.54) is 11.3 Å². The van der Waals surface area contributed by atoms with Crippen molar-refractivity contribution in [2.24, 2.45) is 0 Å². The lowest BCUT2D eigenvalue weighted by atomic mass is 10.2. The number of hydrogen-bond acceptors (Lipinski definition) is 12. The van der Waals surface area contributed by atoms with Gasteiger partial charge in [-0.15, -0.1) is 16.4 Å². The van der Waals surface area contributed by atoms with Crippen LogP contribution in [0.4, 0.5) is 5.13 Å². The van der Waals surface area contributed by atoms with Crippen LogP contribution in [0.1, 0.15) is 5.69 Å². The third-order valence-corrected chi connectivity index (χ3v) is 8.70. The molecular formula is C23H21N5O5S3. The van der Waals surface area contributed by atoms with E-state index in [1.807, 2.05) is 30.1 Å². The first-order valence-electron chi connectivity index (χ1n) is 11.4. The monoisotopic (exact) mass is 543 g/mol. The van der Waals surface area contributed by atoms with Gasteiger partial charge in [-0.25, -0.2) is 14.5 Å². The van der Waals surface area contributed by atoms with Crippen LogP contribution in [-0.4, -0.2) is 64.5 Å². The Balaban J connectivity index is 1.21. The number of hydrogen-bond donors (Lipinski definition) is 0. The van der Waals surface area contributed by atoms with Gasteiger partial charge in [0.2, 0.25) is 10.7 Å².